The molecule has 1 fully saturated rings. The van der Waals surface area contributed by atoms with Crippen molar-refractivity contribution in [2.24, 2.45) is 0 Å². The lowest BCUT2D eigenvalue weighted by molar-refractivity contribution is -0.384. The van der Waals surface area contributed by atoms with Gasteiger partial charge in [-0.1, -0.05) is 6.07 Å². The molecule has 2 rings (SSSR count). The van der Waals surface area contributed by atoms with Crippen molar-refractivity contribution >= 4 is 11.4 Å². The van der Waals surface area contributed by atoms with Crippen LogP contribution < -0.4 is 5.32 Å². The summed E-state index contributed by atoms with van der Waals surface area (Å²) in [6.07, 6.45) is 2.21. The Kier molecular flexibility index (Phi) is 3.81. The molecule has 1 aliphatic rings. The number of rotatable bonds is 4. The highest BCUT2D eigenvalue weighted by Crippen LogP contribution is 2.27. The van der Waals surface area contributed by atoms with Crippen LogP contribution in [0.1, 0.15) is 25.3 Å². The van der Waals surface area contributed by atoms with E-state index < -0.39 is 0 Å². The van der Waals surface area contributed by atoms with E-state index in [0.29, 0.717) is 5.69 Å². The van der Waals surface area contributed by atoms with Gasteiger partial charge in [0.05, 0.1) is 11.0 Å². The third-order valence-electron chi connectivity index (χ3n) is 3.25. The fraction of sp³-hybridized carbons (Fsp3) is 0.538. The second-order valence-corrected chi connectivity index (χ2v) is 4.76. The Bertz CT molecular complexity index is 442. The molecule has 0 radical (unpaired) electrons. The quantitative estimate of drug-likeness (QED) is 0.659. The van der Waals surface area contributed by atoms with Gasteiger partial charge in [0, 0.05) is 18.7 Å². The van der Waals surface area contributed by atoms with Crippen molar-refractivity contribution in [3.8, 4) is 0 Å². The van der Waals surface area contributed by atoms with Gasteiger partial charge in [-0.25, -0.2) is 0 Å². The smallest absolute Gasteiger partial charge is 0.292 e. The molecule has 0 spiro atoms. The summed E-state index contributed by atoms with van der Waals surface area (Å²) in [5.74, 6) is 0. The van der Waals surface area contributed by atoms with Crippen LogP contribution in [-0.4, -0.2) is 23.7 Å². The van der Waals surface area contributed by atoms with E-state index in [1.807, 2.05) is 19.9 Å². The predicted molar refractivity (Wildman–Crippen MR) is 69.9 cm³/mol. The highest BCUT2D eigenvalue weighted by molar-refractivity contribution is 5.63. The van der Waals surface area contributed by atoms with Crippen molar-refractivity contribution in [3.63, 3.8) is 0 Å². The number of benzene rings is 1. The van der Waals surface area contributed by atoms with E-state index in [0.717, 1.165) is 25.0 Å². The van der Waals surface area contributed by atoms with Crippen LogP contribution in [-0.2, 0) is 4.74 Å². The number of nitro benzene ring substituents is 1. The number of ether oxygens (including phenoxy) is 1. The lowest BCUT2D eigenvalue weighted by Gasteiger charge is -2.21. The van der Waals surface area contributed by atoms with E-state index in [9.17, 15) is 10.1 Å². The Morgan fingerprint density at radius 1 is 1.56 bits per heavy atom. The van der Waals surface area contributed by atoms with Crippen molar-refractivity contribution in [1.82, 2.24) is 0 Å². The number of nitro groups is 1. The zero-order chi connectivity index (χ0) is 13.1. The molecule has 0 aliphatic carbocycles. The third-order valence-corrected chi connectivity index (χ3v) is 3.25. The van der Waals surface area contributed by atoms with Crippen LogP contribution in [0.25, 0.3) is 0 Å². The van der Waals surface area contributed by atoms with Gasteiger partial charge >= 0.3 is 0 Å². The standard InChI is InChI=1S/C13H18N2O3/c1-9-5-6-12(15(16)17)11(8-9)14-10(2)13-4-3-7-18-13/h5-6,8,10,13-14H,3-4,7H2,1-2H3. The van der Waals surface area contributed by atoms with Crippen LogP contribution in [0.5, 0.6) is 0 Å². The predicted octanol–water partition coefficient (Wildman–Crippen LogP) is 2.88. The van der Waals surface area contributed by atoms with E-state index >= 15 is 0 Å². The molecule has 5 nitrogen and oxygen atoms in total. The van der Waals surface area contributed by atoms with Crippen molar-refractivity contribution in [2.45, 2.75) is 38.8 Å². The molecule has 1 heterocycles. The maximum absolute atomic E-state index is 11.0. The van der Waals surface area contributed by atoms with Gasteiger partial charge in [0.15, 0.2) is 0 Å². The number of nitrogens with zero attached hydrogens (tertiary/aromatic N) is 1. The molecule has 18 heavy (non-hydrogen) atoms. The fourth-order valence-corrected chi connectivity index (χ4v) is 2.26. The van der Waals surface area contributed by atoms with E-state index in [1.54, 1.807) is 12.1 Å². The van der Waals surface area contributed by atoms with Crippen LogP contribution in [0.4, 0.5) is 11.4 Å². The van der Waals surface area contributed by atoms with Gasteiger partial charge in [0.25, 0.3) is 5.69 Å². The summed E-state index contributed by atoms with van der Waals surface area (Å²) < 4.78 is 5.59. The van der Waals surface area contributed by atoms with Crippen LogP contribution >= 0.6 is 0 Å². The second-order valence-electron chi connectivity index (χ2n) is 4.76. The van der Waals surface area contributed by atoms with Crippen molar-refractivity contribution in [3.05, 3.63) is 33.9 Å². The molecular weight excluding hydrogens is 232 g/mol. The molecule has 2 atom stereocenters. The lowest BCUT2D eigenvalue weighted by Crippen LogP contribution is -2.30. The summed E-state index contributed by atoms with van der Waals surface area (Å²) in [5, 5.41) is 14.2. The van der Waals surface area contributed by atoms with E-state index in [2.05, 4.69) is 5.32 Å². The number of hydrogen-bond acceptors (Lipinski definition) is 4. The molecule has 0 saturated carbocycles. The second kappa shape index (κ2) is 5.35. The minimum Gasteiger partial charge on any atom is -0.376 e. The Hall–Kier alpha value is -1.62. The van der Waals surface area contributed by atoms with Gasteiger partial charge < -0.3 is 10.1 Å². The van der Waals surface area contributed by atoms with E-state index in [1.165, 1.54) is 0 Å². The monoisotopic (exact) mass is 250 g/mol. The third kappa shape index (κ3) is 2.79. The first-order chi connectivity index (χ1) is 8.58. The van der Waals surface area contributed by atoms with Crippen molar-refractivity contribution in [2.75, 3.05) is 11.9 Å². The number of nitrogens with one attached hydrogen (secondary N) is 1. The zero-order valence-electron chi connectivity index (χ0n) is 10.7. The summed E-state index contributed by atoms with van der Waals surface area (Å²) in [6, 6.07) is 5.18. The first-order valence-electron chi connectivity index (χ1n) is 6.21. The molecule has 1 saturated heterocycles. The molecule has 1 aromatic carbocycles. The molecule has 1 N–H and O–H groups in total. The normalized spacial score (nSPS) is 20.7. The lowest BCUT2D eigenvalue weighted by atomic mass is 10.1. The minimum absolute atomic E-state index is 0.0769. The van der Waals surface area contributed by atoms with Gasteiger partial charge in [-0.3, -0.25) is 10.1 Å². The van der Waals surface area contributed by atoms with Crippen molar-refractivity contribution in [1.29, 1.82) is 0 Å². The Morgan fingerprint density at radius 3 is 2.94 bits per heavy atom. The Morgan fingerprint density at radius 2 is 2.33 bits per heavy atom. The SMILES string of the molecule is Cc1ccc([N+](=O)[O-])c(NC(C)C2CCCO2)c1. The average molecular weight is 250 g/mol. The molecular formula is C13H18N2O3. The Balaban J connectivity index is 2.16. The summed E-state index contributed by atoms with van der Waals surface area (Å²) in [6.45, 7) is 4.71. The molecule has 0 bridgehead atoms. The topological polar surface area (TPSA) is 64.4 Å². The van der Waals surface area contributed by atoms with Gasteiger partial charge in [-0.05, 0) is 38.3 Å². The average Bonchev–Trinajstić information content (AvgIpc) is 2.81. The molecule has 5 heteroatoms. The largest absolute Gasteiger partial charge is 0.376 e. The van der Waals surface area contributed by atoms with Crippen LogP contribution in [0.15, 0.2) is 18.2 Å². The molecule has 1 aliphatic heterocycles. The first kappa shape index (κ1) is 12.8. The van der Waals surface area contributed by atoms with E-state index in [4.69, 9.17) is 4.74 Å². The first-order valence-corrected chi connectivity index (χ1v) is 6.21. The molecule has 0 aromatic heterocycles. The number of aryl methyl sites for hydroxylation is 1. The molecule has 2 unspecified atom stereocenters. The number of hydrogen-bond donors (Lipinski definition) is 1. The summed E-state index contributed by atoms with van der Waals surface area (Å²) in [5.41, 5.74) is 1.69. The van der Waals surface area contributed by atoms with Gasteiger partial charge in [-0.15, -0.1) is 0 Å². The van der Waals surface area contributed by atoms with Crippen molar-refractivity contribution < 1.29 is 9.66 Å². The van der Waals surface area contributed by atoms with Crippen LogP contribution in [0.3, 0.4) is 0 Å². The van der Waals surface area contributed by atoms with Gasteiger partial charge in [0.2, 0.25) is 0 Å². The summed E-state index contributed by atoms with van der Waals surface area (Å²) in [4.78, 5) is 10.6. The van der Waals surface area contributed by atoms with Crippen LogP contribution in [0.2, 0.25) is 0 Å². The van der Waals surface area contributed by atoms with Crippen LogP contribution in [0, 0.1) is 17.0 Å². The maximum Gasteiger partial charge on any atom is 0.292 e. The zero-order valence-corrected chi connectivity index (χ0v) is 10.7. The molecule has 98 valence electrons. The number of anilines is 1. The minimum atomic E-state index is -0.357. The van der Waals surface area contributed by atoms with E-state index in [-0.39, 0.29) is 22.8 Å². The van der Waals surface area contributed by atoms with Gasteiger partial charge in [0.1, 0.15) is 5.69 Å². The van der Waals surface area contributed by atoms with Gasteiger partial charge in [-0.2, -0.15) is 0 Å². The summed E-state index contributed by atoms with van der Waals surface area (Å²) >= 11 is 0. The highest BCUT2D eigenvalue weighted by Gasteiger charge is 2.24. The highest BCUT2D eigenvalue weighted by atomic mass is 16.6. The summed E-state index contributed by atoms with van der Waals surface area (Å²) in [7, 11) is 0. The maximum atomic E-state index is 11.0. The fourth-order valence-electron chi connectivity index (χ4n) is 2.26. The molecule has 1 aromatic rings. The Labute approximate surface area is 106 Å². The molecule has 0 amide bonds.